The van der Waals surface area contributed by atoms with Gasteiger partial charge in [-0.2, -0.15) is 0 Å². The van der Waals surface area contributed by atoms with E-state index in [1.807, 2.05) is 0 Å². The zero-order valence-electron chi connectivity index (χ0n) is 11.7. The van der Waals surface area contributed by atoms with E-state index in [9.17, 15) is 0 Å². The van der Waals surface area contributed by atoms with Gasteiger partial charge in [0.05, 0.1) is 0 Å². The van der Waals surface area contributed by atoms with Crippen LogP contribution in [0.5, 0.6) is 5.75 Å². The fourth-order valence-electron chi connectivity index (χ4n) is 2.33. The van der Waals surface area contributed by atoms with Crippen LogP contribution in [0.2, 0.25) is 0 Å². The molecular weight excluding hydrogens is 300 g/mol. The van der Waals surface area contributed by atoms with Crippen LogP contribution in [0.1, 0.15) is 27.8 Å². The first kappa shape index (κ1) is 14.1. The predicted octanol–water partition coefficient (Wildman–Crippen LogP) is 5.09. The summed E-state index contributed by atoms with van der Waals surface area (Å²) in [6.45, 7) is 6.94. The number of benzene rings is 2. The van der Waals surface area contributed by atoms with Crippen LogP contribution < -0.4 is 4.74 Å². The van der Waals surface area contributed by atoms with E-state index in [1.54, 1.807) is 0 Å². The van der Waals surface area contributed by atoms with Gasteiger partial charge in [0.25, 0.3) is 0 Å². The fraction of sp³-hybridized carbons (Fsp3) is 0.294. The molecule has 0 heterocycles. The average molecular weight is 319 g/mol. The Labute approximate surface area is 123 Å². The van der Waals surface area contributed by atoms with Gasteiger partial charge in [-0.05, 0) is 31.9 Å². The molecule has 0 saturated heterocycles. The third kappa shape index (κ3) is 3.60. The highest BCUT2D eigenvalue weighted by molar-refractivity contribution is 9.08. The summed E-state index contributed by atoms with van der Waals surface area (Å²) >= 11 is 3.51. The zero-order chi connectivity index (χ0) is 13.8. The van der Waals surface area contributed by atoms with Crippen molar-refractivity contribution < 1.29 is 4.74 Å². The summed E-state index contributed by atoms with van der Waals surface area (Å²) in [6.07, 6.45) is 0. The zero-order valence-corrected chi connectivity index (χ0v) is 13.3. The van der Waals surface area contributed by atoms with Crippen molar-refractivity contribution in [2.75, 3.05) is 0 Å². The molecule has 0 aliphatic rings. The van der Waals surface area contributed by atoms with Gasteiger partial charge in [0.1, 0.15) is 12.4 Å². The molecule has 2 rings (SSSR count). The molecule has 0 bridgehead atoms. The molecule has 0 saturated carbocycles. The number of para-hydroxylation sites is 1. The van der Waals surface area contributed by atoms with Gasteiger partial charge in [0, 0.05) is 10.9 Å². The van der Waals surface area contributed by atoms with E-state index in [0.717, 1.165) is 11.1 Å². The van der Waals surface area contributed by atoms with Crippen LogP contribution in [0.15, 0.2) is 36.4 Å². The Morgan fingerprint density at radius 3 is 2.32 bits per heavy atom. The van der Waals surface area contributed by atoms with Gasteiger partial charge < -0.3 is 4.74 Å². The molecule has 19 heavy (non-hydrogen) atoms. The molecule has 0 radical (unpaired) electrons. The molecule has 0 aromatic heterocycles. The standard InChI is InChI=1S/C17H19BrO/c1-12-7-13(2)9-15(8-12)11-19-17-14(3)5-4-6-16(17)10-18/h4-9H,10-11H2,1-3H3. The van der Waals surface area contributed by atoms with Crippen molar-refractivity contribution in [3.63, 3.8) is 0 Å². The Morgan fingerprint density at radius 2 is 1.68 bits per heavy atom. The molecule has 0 aliphatic heterocycles. The van der Waals surface area contributed by atoms with Gasteiger partial charge in [-0.25, -0.2) is 0 Å². The van der Waals surface area contributed by atoms with E-state index in [-0.39, 0.29) is 0 Å². The first-order valence-corrected chi connectivity index (χ1v) is 7.56. The number of aryl methyl sites for hydroxylation is 3. The average Bonchev–Trinajstić information content (AvgIpc) is 2.36. The van der Waals surface area contributed by atoms with Crippen LogP contribution in [0.3, 0.4) is 0 Å². The molecule has 0 atom stereocenters. The Kier molecular flexibility index (Phi) is 4.65. The molecule has 100 valence electrons. The molecule has 1 nitrogen and oxygen atoms in total. The Hall–Kier alpha value is -1.28. The minimum Gasteiger partial charge on any atom is -0.488 e. The lowest BCUT2D eigenvalue weighted by molar-refractivity contribution is 0.301. The summed E-state index contributed by atoms with van der Waals surface area (Å²) in [5, 5.41) is 0.816. The van der Waals surface area contributed by atoms with Crippen LogP contribution in [-0.2, 0) is 11.9 Å². The highest BCUT2D eigenvalue weighted by atomic mass is 79.9. The molecule has 0 unspecified atom stereocenters. The maximum atomic E-state index is 6.02. The van der Waals surface area contributed by atoms with Gasteiger partial charge in [0.2, 0.25) is 0 Å². The second-order valence-corrected chi connectivity index (χ2v) is 5.54. The van der Waals surface area contributed by atoms with Crippen LogP contribution in [0, 0.1) is 20.8 Å². The molecular formula is C17H19BrO. The summed E-state index contributed by atoms with van der Waals surface area (Å²) < 4.78 is 6.02. The molecule has 2 heteroatoms. The highest BCUT2D eigenvalue weighted by Crippen LogP contribution is 2.26. The molecule has 2 aromatic carbocycles. The monoisotopic (exact) mass is 318 g/mol. The summed E-state index contributed by atoms with van der Waals surface area (Å²) in [7, 11) is 0. The third-order valence-electron chi connectivity index (χ3n) is 3.10. The van der Waals surface area contributed by atoms with Crippen molar-refractivity contribution in [3.05, 3.63) is 64.2 Å². The van der Waals surface area contributed by atoms with Crippen molar-refractivity contribution in [2.24, 2.45) is 0 Å². The van der Waals surface area contributed by atoms with E-state index in [1.165, 1.54) is 27.8 Å². The van der Waals surface area contributed by atoms with E-state index in [0.29, 0.717) is 6.61 Å². The molecule has 0 N–H and O–H groups in total. The number of hydrogen-bond donors (Lipinski definition) is 0. The van der Waals surface area contributed by atoms with E-state index < -0.39 is 0 Å². The van der Waals surface area contributed by atoms with Crippen molar-refractivity contribution >= 4 is 15.9 Å². The smallest absolute Gasteiger partial charge is 0.126 e. The lowest BCUT2D eigenvalue weighted by Gasteiger charge is -2.13. The molecule has 0 aliphatic carbocycles. The van der Waals surface area contributed by atoms with Crippen molar-refractivity contribution in [3.8, 4) is 5.75 Å². The van der Waals surface area contributed by atoms with Crippen molar-refractivity contribution in [1.82, 2.24) is 0 Å². The summed E-state index contributed by atoms with van der Waals surface area (Å²) in [4.78, 5) is 0. The minimum absolute atomic E-state index is 0.618. The predicted molar refractivity (Wildman–Crippen MR) is 84.1 cm³/mol. The minimum atomic E-state index is 0.618. The van der Waals surface area contributed by atoms with Gasteiger partial charge in [0.15, 0.2) is 0 Å². The lowest BCUT2D eigenvalue weighted by atomic mass is 10.1. The van der Waals surface area contributed by atoms with Gasteiger partial charge in [-0.15, -0.1) is 0 Å². The molecule has 0 fully saturated rings. The van der Waals surface area contributed by atoms with E-state index >= 15 is 0 Å². The van der Waals surface area contributed by atoms with Crippen LogP contribution >= 0.6 is 15.9 Å². The van der Waals surface area contributed by atoms with Gasteiger partial charge in [-0.3, -0.25) is 0 Å². The third-order valence-corrected chi connectivity index (χ3v) is 3.71. The number of rotatable bonds is 4. The van der Waals surface area contributed by atoms with Gasteiger partial charge >= 0.3 is 0 Å². The number of alkyl halides is 1. The van der Waals surface area contributed by atoms with E-state index in [2.05, 4.69) is 73.1 Å². The Bertz CT molecular complexity index is 555. The Balaban J connectivity index is 2.18. The Morgan fingerprint density at radius 1 is 1.00 bits per heavy atom. The number of halogens is 1. The molecule has 0 amide bonds. The van der Waals surface area contributed by atoms with Gasteiger partial charge in [-0.1, -0.05) is 63.5 Å². The quantitative estimate of drug-likeness (QED) is 0.714. The SMILES string of the molecule is Cc1cc(C)cc(COc2c(C)cccc2CBr)c1. The van der Waals surface area contributed by atoms with E-state index in [4.69, 9.17) is 4.74 Å². The largest absolute Gasteiger partial charge is 0.488 e. The molecule has 0 spiro atoms. The maximum Gasteiger partial charge on any atom is 0.126 e. The maximum absolute atomic E-state index is 6.02. The summed E-state index contributed by atoms with van der Waals surface area (Å²) in [5.74, 6) is 0.999. The van der Waals surface area contributed by atoms with Crippen molar-refractivity contribution in [1.29, 1.82) is 0 Å². The van der Waals surface area contributed by atoms with Crippen LogP contribution in [0.4, 0.5) is 0 Å². The topological polar surface area (TPSA) is 9.23 Å². The normalized spacial score (nSPS) is 10.5. The van der Waals surface area contributed by atoms with Crippen LogP contribution in [-0.4, -0.2) is 0 Å². The van der Waals surface area contributed by atoms with Crippen molar-refractivity contribution in [2.45, 2.75) is 32.7 Å². The fourth-order valence-corrected chi connectivity index (χ4v) is 2.77. The number of hydrogen-bond acceptors (Lipinski definition) is 1. The summed E-state index contributed by atoms with van der Waals surface area (Å²) in [5.41, 5.74) is 6.17. The highest BCUT2D eigenvalue weighted by Gasteiger charge is 2.06. The number of ether oxygens (including phenoxy) is 1. The second kappa shape index (κ2) is 6.25. The summed E-state index contributed by atoms with van der Waals surface area (Å²) in [6, 6.07) is 12.8. The first-order valence-electron chi connectivity index (χ1n) is 6.44. The van der Waals surface area contributed by atoms with Crippen LogP contribution in [0.25, 0.3) is 0 Å². The second-order valence-electron chi connectivity index (χ2n) is 4.98. The first-order chi connectivity index (χ1) is 9.10. The lowest BCUT2D eigenvalue weighted by Crippen LogP contribution is -2.00. The molecule has 2 aromatic rings.